The van der Waals surface area contributed by atoms with Gasteiger partial charge in [-0.3, -0.25) is 14.5 Å². The molecule has 0 spiro atoms. The molecular weight excluding hydrogens is 424 g/mol. The van der Waals surface area contributed by atoms with Gasteiger partial charge in [-0.2, -0.15) is 0 Å². The van der Waals surface area contributed by atoms with E-state index in [2.05, 4.69) is 34.4 Å². The predicted molar refractivity (Wildman–Crippen MR) is 119 cm³/mol. The lowest BCUT2D eigenvalue weighted by Crippen LogP contribution is -2.44. The number of carbonyl (C=O) groups is 2. The Labute approximate surface area is 185 Å². The van der Waals surface area contributed by atoms with Crippen molar-refractivity contribution < 1.29 is 14.3 Å². The van der Waals surface area contributed by atoms with Gasteiger partial charge in [-0.15, -0.1) is 11.3 Å². The van der Waals surface area contributed by atoms with Gasteiger partial charge in [-0.1, -0.05) is 23.7 Å². The molecule has 3 rings (SSSR count). The number of nitrogens with zero attached hydrogens (tertiary/aromatic N) is 2. The Morgan fingerprint density at radius 2 is 1.93 bits per heavy atom. The Hall–Kier alpha value is -2.00. The van der Waals surface area contributed by atoms with Crippen LogP contribution in [0.25, 0.3) is 0 Å². The van der Waals surface area contributed by atoms with E-state index < -0.39 is 6.04 Å². The first kappa shape index (κ1) is 22.7. The zero-order valence-corrected chi connectivity index (χ0v) is 18.9. The summed E-state index contributed by atoms with van der Waals surface area (Å²) in [4.78, 5) is 31.0. The minimum Gasteiger partial charge on any atom is -0.373 e. The fourth-order valence-corrected chi connectivity index (χ4v) is 4.47. The maximum absolute atomic E-state index is 12.6. The predicted octanol–water partition coefficient (Wildman–Crippen LogP) is 3.61. The van der Waals surface area contributed by atoms with E-state index in [-0.39, 0.29) is 30.4 Å². The summed E-state index contributed by atoms with van der Waals surface area (Å²) in [6, 6.07) is 6.66. The molecule has 0 saturated carbocycles. The molecule has 162 valence electrons. The third-order valence-corrected chi connectivity index (χ3v) is 5.78. The maximum atomic E-state index is 12.6. The van der Waals surface area contributed by atoms with Crippen LogP contribution in [0, 0.1) is 0 Å². The van der Waals surface area contributed by atoms with Gasteiger partial charge in [0.2, 0.25) is 11.8 Å². The Bertz CT molecular complexity index is 863. The minimum atomic E-state index is -0.435. The number of hydrogen-bond acceptors (Lipinski definition) is 6. The normalized spacial score (nSPS) is 20.5. The molecule has 0 radical (unpaired) electrons. The summed E-state index contributed by atoms with van der Waals surface area (Å²) in [5.74, 6) is -0.411. The number of ether oxygens (including phenoxy) is 1. The van der Waals surface area contributed by atoms with Crippen LogP contribution in [0.4, 0.5) is 5.13 Å². The van der Waals surface area contributed by atoms with Crippen LogP contribution in [0.2, 0.25) is 5.02 Å². The molecular formula is C21H27ClN4O3S. The molecule has 3 atom stereocenters. The second-order valence-electron chi connectivity index (χ2n) is 7.65. The van der Waals surface area contributed by atoms with Crippen molar-refractivity contribution in [2.45, 2.75) is 52.0 Å². The van der Waals surface area contributed by atoms with Crippen LogP contribution in [-0.4, -0.2) is 47.0 Å². The van der Waals surface area contributed by atoms with E-state index in [4.69, 9.17) is 16.3 Å². The second kappa shape index (κ2) is 10.3. The number of anilines is 1. The standard InChI is InChI=1S/C21H27ClN4O3S/c1-13-9-26(10-14(2)29-13)11-18-12-30-21(24-18)25-20(28)8-19(23-15(3)27)16-4-6-17(22)7-5-16/h4-7,12-14,19H,8-11H2,1-3H3,(H,23,27)(H,24,25,28)/t13-,14-,19+/m0/s1. The van der Waals surface area contributed by atoms with Gasteiger partial charge in [0.1, 0.15) is 0 Å². The Kier molecular flexibility index (Phi) is 7.82. The summed E-state index contributed by atoms with van der Waals surface area (Å²) in [7, 11) is 0. The lowest BCUT2D eigenvalue weighted by atomic mass is 10.0. The third kappa shape index (κ3) is 6.77. The second-order valence-corrected chi connectivity index (χ2v) is 8.95. The molecule has 2 N–H and O–H groups in total. The highest BCUT2D eigenvalue weighted by molar-refractivity contribution is 7.13. The minimum absolute atomic E-state index is 0.106. The highest BCUT2D eigenvalue weighted by atomic mass is 35.5. The quantitative estimate of drug-likeness (QED) is 0.673. The summed E-state index contributed by atoms with van der Waals surface area (Å²) in [6.07, 6.45) is 0.504. The molecule has 1 aromatic carbocycles. The van der Waals surface area contributed by atoms with E-state index in [1.807, 2.05) is 17.5 Å². The molecule has 1 saturated heterocycles. The fraction of sp³-hybridized carbons (Fsp3) is 0.476. The van der Waals surface area contributed by atoms with Gasteiger partial charge in [-0.05, 0) is 31.5 Å². The van der Waals surface area contributed by atoms with Crippen LogP contribution in [0.15, 0.2) is 29.6 Å². The molecule has 1 aliphatic heterocycles. The summed E-state index contributed by atoms with van der Waals surface area (Å²) in [6.45, 7) is 8.03. The average Bonchev–Trinajstić information content (AvgIpc) is 3.07. The molecule has 1 aromatic heterocycles. The van der Waals surface area contributed by atoms with E-state index >= 15 is 0 Å². The monoisotopic (exact) mass is 450 g/mol. The van der Waals surface area contributed by atoms with Gasteiger partial charge in [0.15, 0.2) is 5.13 Å². The van der Waals surface area contributed by atoms with Crippen molar-refractivity contribution in [3.05, 3.63) is 45.9 Å². The van der Waals surface area contributed by atoms with Crippen LogP contribution < -0.4 is 10.6 Å². The van der Waals surface area contributed by atoms with Crippen molar-refractivity contribution in [1.82, 2.24) is 15.2 Å². The lowest BCUT2D eigenvalue weighted by molar-refractivity contribution is -0.120. The molecule has 9 heteroatoms. The first-order valence-corrected chi connectivity index (χ1v) is 11.2. The molecule has 2 aromatic rings. The lowest BCUT2D eigenvalue weighted by Gasteiger charge is -2.34. The number of aromatic nitrogens is 1. The van der Waals surface area contributed by atoms with Crippen LogP contribution in [0.5, 0.6) is 0 Å². The van der Waals surface area contributed by atoms with Gasteiger partial charge in [-0.25, -0.2) is 4.98 Å². The first-order chi connectivity index (χ1) is 14.3. The number of carbonyl (C=O) groups excluding carboxylic acids is 2. The number of halogens is 1. The summed E-state index contributed by atoms with van der Waals surface area (Å²) >= 11 is 7.34. The summed E-state index contributed by atoms with van der Waals surface area (Å²) < 4.78 is 5.77. The van der Waals surface area contributed by atoms with Crippen LogP contribution in [-0.2, 0) is 20.9 Å². The Morgan fingerprint density at radius 1 is 1.27 bits per heavy atom. The van der Waals surface area contributed by atoms with Crippen molar-refractivity contribution >= 4 is 39.9 Å². The first-order valence-electron chi connectivity index (χ1n) is 9.93. The van der Waals surface area contributed by atoms with Gasteiger partial charge in [0.05, 0.1) is 30.4 Å². The van der Waals surface area contributed by atoms with E-state index in [1.165, 1.54) is 18.3 Å². The van der Waals surface area contributed by atoms with E-state index in [9.17, 15) is 9.59 Å². The van der Waals surface area contributed by atoms with Gasteiger partial charge < -0.3 is 15.4 Å². The summed E-state index contributed by atoms with van der Waals surface area (Å²) in [5.41, 5.74) is 1.74. The smallest absolute Gasteiger partial charge is 0.228 e. The number of hydrogen-bond donors (Lipinski definition) is 2. The zero-order chi connectivity index (χ0) is 21.7. The number of thiazole rings is 1. The molecule has 1 aliphatic rings. The third-order valence-electron chi connectivity index (χ3n) is 4.72. The molecule has 7 nitrogen and oxygen atoms in total. The topological polar surface area (TPSA) is 83.6 Å². The van der Waals surface area contributed by atoms with Crippen molar-refractivity contribution in [2.24, 2.45) is 0 Å². The van der Waals surface area contributed by atoms with Crippen molar-refractivity contribution in [1.29, 1.82) is 0 Å². The van der Waals surface area contributed by atoms with E-state index in [0.717, 1.165) is 30.9 Å². The molecule has 0 unspecified atom stereocenters. The van der Waals surface area contributed by atoms with E-state index in [0.29, 0.717) is 10.2 Å². The number of amides is 2. The molecule has 2 heterocycles. The van der Waals surface area contributed by atoms with Gasteiger partial charge in [0.25, 0.3) is 0 Å². The summed E-state index contributed by atoms with van der Waals surface area (Å²) in [5, 5.41) is 8.79. The highest BCUT2D eigenvalue weighted by Crippen LogP contribution is 2.22. The SMILES string of the molecule is CC(=O)N[C@H](CC(=O)Nc1nc(CN2C[C@H](C)O[C@@H](C)C2)cs1)c1ccc(Cl)cc1. The molecule has 2 amide bonds. The number of rotatable bonds is 7. The van der Waals surface area contributed by atoms with Gasteiger partial charge >= 0.3 is 0 Å². The largest absolute Gasteiger partial charge is 0.373 e. The number of nitrogens with one attached hydrogen (secondary N) is 2. The van der Waals surface area contributed by atoms with Crippen LogP contribution in [0.1, 0.15) is 44.5 Å². The highest BCUT2D eigenvalue weighted by Gasteiger charge is 2.23. The molecule has 30 heavy (non-hydrogen) atoms. The van der Waals surface area contributed by atoms with Crippen molar-refractivity contribution in [3.8, 4) is 0 Å². The van der Waals surface area contributed by atoms with Crippen LogP contribution >= 0.6 is 22.9 Å². The average molecular weight is 451 g/mol. The van der Waals surface area contributed by atoms with Crippen LogP contribution in [0.3, 0.4) is 0 Å². The number of morpholine rings is 1. The molecule has 1 fully saturated rings. The van der Waals surface area contributed by atoms with E-state index in [1.54, 1.807) is 12.1 Å². The van der Waals surface area contributed by atoms with Crippen molar-refractivity contribution in [2.75, 3.05) is 18.4 Å². The Balaban J connectivity index is 1.58. The number of benzene rings is 1. The fourth-order valence-electron chi connectivity index (χ4n) is 3.63. The zero-order valence-electron chi connectivity index (χ0n) is 17.4. The van der Waals surface area contributed by atoms with Gasteiger partial charge in [0, 0.05) is 37.0 Å². The molecule has 0 bridgehead atoms. The maximum Gasteiger partial charge on any atom is 0.228 e. The molecule has 0 aliphatic carbocycles. The Morgan fingerprint density at radius 3 is 2.57 bits per heavy atom. The van der Waals surface area contributed by atoms with Crippen molar-refractivity contribution in [3.63, 3.8) is 0 Å².